The lowest BCUT2D eigenvalue weighted by atomic mass is 9.98. The van der Waals surface area contributed by atoms with Crippen molar-refractivity contribution in [2.45, 2.75) is 38.8 Å². The minimum absolute atomic E-state index is 0.220. The Morgan fingerprint density at radius 2 is 1.65 bits per heavy atom. The highest BCUT2D eigenvalue weighted by atomic mass is 19.3. The summed E-state index contributed by atoms with van der Waals surface area (Å²) in [5.41, 5.74) is 1.11. The van der Waals surface area contributed by atoms with Crippen LogP contribution in [0.2, 0.25) is 0 Å². The number of alkyl halides is 2. The summed E-state index contributed by atoms with van der Waals surface area (Å²) in [6.45, 7) is -0.869. The molecular formula is C16H21F2NO. The van der Waals surface area contributed by atoms with Gasteiger partial charge in [-0.05, 0) is 67.7 Å². The first-order chi connectivity index (χ1) is 9.72. The zero-order valence-corrected chi connectivity index (χ0v) is 11.5. The van der Waals surface area contributed by atoms with Crippen LogP contribution < -0.4 is 10.1 Å². The third-order valence-electron chi connectivity index (χ3n) is 4.31. The predicted octanol–water partition coefficient (Wildman–Crippen LogP) is 3.81. The van der Waals surface area contributed by atoms with E-state index in [2.05, 4.69) is 10.1 Å². The second-order valence-electron chi connectivity index (χ2n) is 5.99. The fourth-order valence-corrected chi connectivity index (χ4v) is 2.94. The molecule has 0 heterocycles. The topological polar surface area (TPSA) is 21.3 Å². The highest BCUT2D eigenvalue weighted by Gasteiger charge is 2.40. The van der Waals surface area contributed by atoms with E-state index >= 15 is 0 Å². The van der Waals surface area contributed by atoms with E-state index < -0.39 is 6.61 Å². The van der Waals surface area contributed by atoms with Gasteiger partial charge in [0, 0.05) is 6.54 Å². The number of hydrogen-bond acceptors (Lipinski definition) is 2. The number of halogens is 2. The van der Waals surface area contributed by atoms with Crippen molar-refractivity contribution in [1.82, 2.24) is 5.32 Å². The SMILES string of the molecule is FC(F)Oc1ccc(CNCC(C2CC2)C2CC2)cc1. The van der Waals surface area contributed by atoms with E-state index in [1.54, 1.807) is 12.1 Å². The fourth-order valence-electron chi connectivity index (χ4n) is 2.94. The first kappa shape index (κ1) is 13.8. The second kappa shape index (κ2) is 6.08. The molecule has 2 saturated carbocycles. The van der Waals surface area contributed by atoms with Gasteiger partial charge in [-0.3, -0.25) is 0 Å². The molecule has 0 aliphatic heterocycles. The Labute approximate surface area is 118 Å². The molecule has 2 fully saturated rings. The molecule has 0 aromatic heterocycles. The van der Waals surface area contributed by atoms with Crippen LogP contribution in [-0.2, 0) is 6.54 Å². The maximum absolute atomic E-state index is 12.0. The van der Waals surface area contributed by atoms with Crippen LogP contribution in [0.3, 0.4) is 0 Å². The molecule has 2 aliphatic rings. The average molecular weight is 281 g/mol. The monoisotopic (exact) mass is 281 g/mol. The summed E-state index contributed by atoms with van der Waals surface area (Å²) in [6.07, 6.45) is 5.62. The molecule has 2 nitrogen and oxygen atoms in total. The Morgan fingerprint density at radius 3 is 2.15 bits per heavy atom. The Kier molecular flexibility index (Phi) is 4.20. The summed E-state index contributed by atoms with van der Waals surface area (Å²) in [7, 11) is 0. The van der Waals surface area contributed by atoms with Crippen LogP contribution in [0.25, 0.3) is 0 Å². The molecule has 0 unspecified atom stereocenters. The highest BCUT2D eigenvalue weighted by molar-refractivity contribution is 5.27. The Morgan fingerprint density at radius 1 is 1.05 bits per heavy atom. The first-order valence-corrected chi connectivity index (χ1v) is 7.47. The van der Waals surface area contributed by atoms with Gasteiger partial charge >= 0.3 is 6.61 Å². The number of nitrogens with one attached hydrogen (secondary N) is 1. The molecule has 0 bridgehead atoms. The molecule has 1 aromatic rings. The van der Waals surface area contributed by atoms with Gasteiger partial charge in [0.2, 0.25) is 0 Å². The van der Waals surface area contributed by atoms with Gasteiger partial charge in [0.25, 0.3) is 0 Å². The summed E-state index contributed by atoms with van der Waals surface area (Å²) < 4.78 is 28.4. The predicted molar refractivity (Wildman–Crippen MR) is 73.7 cm³/mol. The van der Waals surface area contributed by atoms with E-state index in [9.17, 15) is 8.78 Å². The van der Waals surface area contributed by atoms with Crippen molar-refractivity contribution >= 4 is 0 Å². The van der Waals surface area contributed by atoms with E-state index in [-0.39, 0.29) is 5.75 Å². The summed E-state index contributed by atoms with van der Waals surface area (Å²) in [5.74, 6) is 2.99. The largest absolute Gasteiger partial charge is 0.435 e. The van der Waals surface area contributed by atoms with Crippen molar-refractivity contribution in [3.8, 4) is 5.75 Å². The van der Waals surface area contributed by atoms with Gasteiger partial charge in [-0.1, -0.05) is 12.1 Å². The van der Waals surface area contributed by atoms with Crippen LogP contribution in [-0.4, -0.2) is 13.2 Å². The zero-order chi connectivity index (χ0) is 13.9. The molecule has 3 rings (SSSR count). The quantitative estimate of drug-likeness (QED) is 0.782. The van der Waals surface area contributed by atoms with Gasteiger partial charge in [0.15, 0.2) is 0 Å². The van der Waals surface area contributed by atoms with Crippen molar-refractivity contribution in [2.75, 3.05) is 6.54 Å². The van der Waals surface area contributed by atoms with E-state index in [0.717, 1.165) is 36.4 Å². The lowest BCUT2D eigenvalue weighted by Crippen LogP contribution is -2.25. The molecule has 1 N–H and O–H groups in total. The van der Waals surface area contributed by atoms with Crippen molar-refractivity contribution < 1.29 is 13.5 Å². The molecule has 0 saturated heterocycles. The van der Waals surface area contributed by atoms with Crippen molar-refractivity contribution in [1.29, 1.82) is 0 Å². The summed E-state index contributed by atoms with van der Waals surface area (Å²) >= 11 is 0. The van der Waals surface area contributed by atoms with Crippen LogP contribution in [0.15, 0.2) is 24.3 Å². The average Bonchev–Trinajstić information content (AvgIpc) is 3.28. The van der Waals surface area contributed by atoms with E-state index in [4.69, 9.17) is 0 Å². The van der Waals surface area contributed by atoms with Crippen LogP contribution in [0.1, 0.15) is 31.2 Å². The van der Waals surface area contributed by atoms with Crippen LogP contribution in [0, 0.1) is 17.8 Å². The van der Waals surface area contributed by atoms with Gasteiger partial charge in [-0.25, -0.2) is 0 Å². The highest BCUT2D eigenvalue weighted by Crippen LogP contribution is 2.48. The molecule has 2 aliphatic carbocycles. The third-order valence-corrected chi connectivity index (χ3v) is 4.31. The number of rotatable bonds is 8. The second-order valence-corrected chi connectivity index (χ2v) is 5.99. The number of benzene rings is 1. The molecule has 110 valence electrons. The molecule has 4 heteroatoms. The zero-order valence-electron chi connectivity index (χ0n) is 11.5. The molecule has 0 radical (unpaired) electrons. The van der Waals surface area contributed by atoms with Crippen molar-refractivity contribution in [2.24, 2.45) is 17.8 Å². The molecule has 0 amide bonds. The van der Waals surface area contributed by atoms with E-state index in [1.165, 1.54) is 25.7 Å². The van der Waals surface area contributed by atoms with Crippen LogP contribution in [0.4, 0.5) is 8.78 Å². The summed E-state index contributed by atoms with van der Waals surface area (Å²) in [4.78, 5) is 0. The molecule has 0 spiro atoms. The minimum atomic E-state index is -2.75. The standard InChI is InChI=1S/C16H21F2NO/c17-16(18)20-14-7-1-11(2-8-14)9-19-10-15(12-3-4-12)13-5-6-13/h1-2,7-8,12-13,15-16,19H,3-6,9-10H2. The molecular weight excluding hydrogens is 260 g/mol. The van der Waals surface area contributed by atoms with Gasteiger partial charge in [-0.2, -0.15) is 8.78 Å². The van der Waals surface area contributed by atoms with Gasteiger partial charge in [0.1, 0.15) is 5.75 Å². The summed E-state index contributed by atoms with van der Waals surface area (Å²) in [6, 6.07) is 6.88. The maximum atomic E-state index is 12.0. The third kappa shape index (κ3) is 3.92. The lowest BCUT2D eigenvalue weighted by molar-refractivity contribution is -0.0498. The maximum Gasteiger partial charge on any atom is 0.387 e. The molecule has 1 aromatic carbocycles. The summed E-state index contributed by atoms with van der Waals surface area (Å²) in [5, 5.41) is 3.52. The van der Waals surface area contributed by atoms with Gasteiger partial charge in [0.05, 0.1) is 0 Å². The lowest BCUT2D eigenvalue weighted by Gasteiger charge is -2.16. The fraction of sp³-hybridized carbons (Fsp3) is 0.625. The minimum Gasteiger partial charge on any atom is -0.435 e. The number of ether oxygens (including phenoxy) is 1. The van der Waals surface area contributed by atoms with Crippen molar-refractivity contribution in [3.05, 3.63) is 29.8 Å². The normalized spacial score (nSPS) is 18.8. The molecule has 20 heavy (non-hydrogen) atoms. The van der Waals surface area contributed by atoms with Crippen LogP contribution in [0.5, 0.6) is 5.75 Å². The smallest absolute Gasteiger partial charge is 0.387 e. The number of hydrogen-bond donors (Lipinski definition) is 1. The van der Waals surface area contributed by atoms with E-state index in [0.29, 0.717) is 0 Å². The van der Waals surface area contributed by atoms with Crippen molar-refractivity contribution in [3.63, 3.8) is 0 Å². The van der Waals surface area contributed by atoms with Gasteiger partial charge in [-0.15, -0.1) is 0 Å². The Bertz CT molecular complexity index is 415. The Balaban J connectivity index is 1.43. The van der Waals surface area contributed by atoms with E-state index in [1.807, 2.05) is 12.1 Å². The molecule has 0 atom stereocenters. The first-order valence-electron chi connectivity index (χ1n) is 7.47. The Hall–Kier alpha value is -1.16. The van der Waals surface area contributed by atoms with Gasteiger partial charge < -0.3 is 10.1 Å². The van der Waals surface area contributed by atoms with Crippen LogP contribution >= 0.6 is 0 Å².